The van der Waals surface area contributed by atoms with Crippen LogP contribution in [-0.4, -0.2) is 64.7 Å². The zero-order valence-electron chi connectivity index (χ0n) is 19.6. The van der Waals surface area contributed by atoms with E-state index in [1.807, 2.05) is 6.92 Å². The van der Waals surface area contributed by atoms with Crippen molar-refractivity contribution in [3.63, 3.8) is 0 Å². The van der Waals surface area contributed by atoms with Crippen LogP contribution in [0.3, 0.4) is 0 Å². The van der Waals surface area contributed by atoms with E-state index in [0.717, 1.165) is 15.9 Å². The van der Waals surface area contributed by atoms with Crippen LogP contribution in [0.5, 0.6) is 0 Å². The van der Waals surface area contributed by atoms with Gasteiger partial charge in [-0.2, -0.15) is 9.04 Å². The molecule has 4 aromatic rings. The maximum absolute atomic E-state index is 13.1. The van der Waals surface area contributed by atoms with Gasteiger partial charge in [-0.1, -0.05) is 11.6 Å². The number of aryl methyl sites for hydroxylation is 2. The lowest BCUT2D eigenvalue weighted by Gasteiger charge is -2.33. The Bertz CT molecular complexity index is 1580. The first-order valence-corrected chi connectivity index (χ1v) is 13.1. The summed E-state index contributed by atoms with van der Waals surface area (Å²) in [7, 11) is -3.76. The van der Waals surface area contributed by atoms with Crippen LogP contribution < -0.4 is 4.73 Å². The summed E-state index contributed by atoms with van der Waals surface area (Å²) in [6.45, 7) is 4.27. The molecule has 0 aliphatic carbocycles. The summed E-state index contributed by atoms with van der Waals surface area (Å²) < 4.78 is 28.4. The average molecular weight is 527 g/mol. The lowest BCUT2D eigenvalue weighted by molar-refractivity contribution is -0.612. The topological polar surface area (TPSA) is 126 Å². The van der Waals surface area contributed by atoms with Crippen LogP contribution in [0.25, 0.3) is 22.0 Å². The number of amides is 1. The molecule has 12 heteroatoms. The van der Waals surface area contributed by atoms with Crippen molar-refractivity contribution >= 4 is 38.4 Å². The van der Waals surface area contributed by atoms with E-state index in [1.165, 1.54) is 10.5 Å². The second-order valence-electron chi connectivity index (χ2n) is 8.69. The van der Waals surface area contributed by atoms with Crippen LogP contribution in [0.15, 0.2) is 53.9 Å². The lowest BCUT2D eigenvalue weighted by Crippen LogP contribution is -2.50. The molecular formula is C24H23ClN6O4S. The van der Waals surface area contributed by atoms with Crippen LogP contribution in [0.2, 0.25) is 5.02 Å². The Kier molecular flexibility index (Phi) is 6.15. The third-order valence-corrected chi connectivity index (χ3v) is 8.35. The highest BCUT2D eigenvalue weighted by Gasteiger charge is 2.32. The number of H-pyrrole nitrogens is 1. The van der Waals surface area contributed by atoms with Crippen LogP contribution in [-0.2, 0) is 10.0 Å². The number of carbonyl (C=O) groups excluding carboxylic acids is 1. The number of halogens is 1. The molecule has 0 radical (unpaired) electrons. The van der Waals surface area contributed by atoms with E-state index in [2.05, 4.69) is 15.0 Å². The molecule has 3 aromatic heterocycles. The maximum Gasteiger partial charge on any atom is 0.291 e. The normalized spacial score (nSPS) is 14.9. The minimum Gasteiger partial charge on any atom is -0.619 e. The van der Waals surface area contributed by atoms with Gasteiger partial charge in [0.2, 0.25) is 5.82 Å². The highest BCUT2D eigenvalue weighted by molar-refractivity contribution is 7.89. The van der Waals surface area contributed by atoms with Gasteiger partial charge in [0, 0.05) is 78.6 Å². The molecule has 0 saturated carbocycles. The number of hydrogen-bond acceptors (Lipinski definition) is 6. The molecule has 4 heterocycles. The van der Waals surface area contributed by atoms with Gasteiger partial charge in [0.15, 0.2) is 11.9 Å². The third-order valence-electron chi connectivity index (χ3n) is 6.29. The number of nitrogens with one attached hydrogen (secondary N) is 1. The van der Waals surface area contributed by atoms with Crippen LogP contribution in [0.4, 0.5) is 0 Å². The zero-order valence-corrected chi connectivity index (χ0v) is 21.2. The van der Waals surface area contributed by atoms with Crippen molar-refractivity contribution in [1.29, 1.82) is 0 Å². The number of pyridine rings is 1. The molecule has 0 atom stereocenters. The van der Waals surface area contributed by atoms with Gasteiger partial charge < -0.3 is 15.1 Å². The van der Waals surface area contributed by atoms with Gasteiger partial charge in [-0.05, 0) is 36.8 Å². The zero-order chi connectivity index (χ0) is 25.6. The third kappa shape index (κ3) is 4.41. The monoisotopic (exact) mass is 526 g/mol. The van der Waals surface area contributed by atoms with Gasteiger partial charge in [0.25, 0.3) is 15.9 Å². The molecule has 1 fully saturated rings. The van der Waals surface area contributed by atoms with E-state index >= 15 is 0 Å². The van der Waals surface area contributed by atoms with Gasteiger partial charge in [-0.3, -0.25) is 4.79 Å². The van der Waals surface area contributed by atoms with Crippen molar-refractivity contribution in [2.45, 2.75) is 18.9 Å². The summed E-state index contributed by atoms with van der Waals surface area (Å²) in [5.41, 5.74) is 3.51. The Morgan fingerprint density at radius 1 is 1.08 bits per heavy atom. The molecule has 1 saturated heterocycles. The molecule has 5 rings (SSSR count). The first-order valence-electron chi connectivity index (χ1n) is 11.2. The Morgan fingerprint density at radius 3 is 2.47 bits per heavy atom. The first kappa shape index (κ1) is 24.2. The van der Waals surface area contributed by atoms with Crippen LogP contribution in [0.1, 0.15) is 21.9 Å². The summed E-state index contributed by atoms with van der Waals surface area (Å²) in [5.74, 6) is -0.330. The van der Waals surface area contributed by atoms with E-state index in [9.17, 15) is 18.4 Å². The molecule has 0 unspecified atom stereocenters. The summed E-state index contributed by atoms with van der Waals surface area (Å²) in [6.07, 6.45) is 4.60. The number of aromatic nitrogens is 4. The molecule has 0 spiro atoms. The van der Waals surface area contributed by atoms with E-state index in [0.29, 0.717) is 27.2 Å². The predicted octanol–water partition coefficient (Wildman–Crippen LogP) is 2.68. The number of aromatic amines is 1. The number of sulfonamides is 1. The van der Waals surface area contributed by atoms with Gasteiger partial charge >= 0.3 is 0 Å². The predicted molar refractivity (Wildman–Crippen MR) is 134 cm³/mol. The lowest BCUT2D eigenvalue weighted by atomic mass is 10.0. The summed E-state index contributed by atoms with van der Waals surface area (Å²) in [6, 6.07) is 8.45. The van der Waals surface area contributed by atoms with Crippen molar-refractivity contribution in [1.82, 2.24) is 24.2 Å². The second kappa shape index (κ2) is 9.16. The first-order chi connectivity index (χ1) is 17.1. The molecule has 1 amide bonds. The molecular weight excluding hydrogens is 504 g/mol. The Hall–Kier alpha value is -3.54. The van der Waals surface area contributed by atoms with E-state index in [4.69, 9.17) is 11.6 Å². The Morgan fingerprint density at radius 2 is 1.78 bits per heavy atom. The quantitative estimate of drug-likeness (QED) is 0.322. The summed E-state index contributed by atoms with van der Waals surface area (Å²) in [4.78, 5) is 25.9. The van der Waals surface area contributed by atoms with Crippen molar-refractivity contribution in [2.75, 3.05) is 26.2 Å². The number of carbonyl (C=O) groups is 1. The van der Waals surface area contributed by atoms with Crippen molar-refractivity contribution in [2.24, 2.45) is 0 Å². The van der Waals surface area contributed by atoms with Crippen molar-refractivity contribution < 1.29 is 17.9 Å². The largest absolute Gasteiger partial charge is 0.619 e. The Balaban J connectivity index is 1.27. The Labute approximate surface area is 212 Å². The van der Waals surface area contributed by atoms with Gasteiger partial charge in [-0.15, -0.1) is 0 Å². The molecule has 1 aliphatic heterocycles. The number of fused-ring (bicyclic) bond motifs is 1. The molecule has 1 aromatic carbocycles. The standard InChI is InChI=1S/C24H23ClN6O4S/c1-15-14-31(33)16(2)9-20(15)18-12-26-23(27-13-18)24(32)29-5-7-30(8-6-29)36(34,35)22-11-17-10-19(25)3-4-21(17)28-22/h3-4,9-14,28H,5-8H2,1-2H3. The maximum atomic E-state index is 13.1. The average Bonchev–Trinajstić information content (AvgIpc) is 3.30. The van der Waals surface area contributed by atoms with Gasteiger partial charge in [-0.25, -0.2) is 18.4 Å². The number of nitrogens with zero attached hydrogens (tertiary/aromatic N) is 5. The fourth-order valence-electron chi connectivity index (χ4n) is 4.25. The number of rotatable bonds is 4. The number of hydrogen-bond donors (Lipinski definition) is 1. The number of piperazine rings is 1. The molecule has 1 aliphatic rings. The minimum atomic E-state index is -3.76. The summed E-state index contributed by atoms with van der Waals surface area (Å²) >= 11 is 6.01. The summed E-state index contributed by atoms with van der Waals surface area (Å²) in [5, 5.41) is 13.1. The highest BCUT2D eigenvalue weighted by atomic mass is 35.5. The van der Waals surface area contributed by atoms with E-state index in [1.54, 1.807) is 54.5 Å². The molecule has 10 nitrogen and oxygen atoms in total. The van der Waals surface area contributed by atoms with Crippen molar-refractivity contribution in [3.05, 3.63) is 76.2 Å². The fourth-order valence-corrected chi connectivity index (χ4v) is 5.87. The second-order valence-corrected chi connectivity index (χ2v) is 11.0. The van der Waals surface area contributed by atoms with E-state index < -0.39 is 10.0 Å². The SMILES string of the molecule is Cc1c[n+]([O-])c(C)cc1-c1cnc(C(=O)N2CCN(S(=O)(=O)c3cc4cc(Cl)ccc4[nH]3)CC2)nc1. The van der Waals surface area contributed by atoms with Crippen LogP contribution >= 0.6 is 11.6 Å². The smallest absolute Gasteiger partial charge is 0.291 e. The molecule has 186 valence electrons. The van der Waals surface area contributed by atoms with E-state index in [-0.39, 0.29) is 42.9 Å². The van der Waals surface area contributed by atoms with Gasteiger partial charge in [0.05, 0.1) is 0 Å². The van der Waals surface area contributed by atoms with Crippen molar-refractivity contribution in [3.8, 4) is 11.1 Å². The fraction of sp³-hybridized carbons (Fsp3) is 0.250. The molecule has 0 bridgehead atoms. The highest BCUT2D eigenvalue weighted by Crippen LogP contribution is 2.25. The molecule has 1 N–H and O–H groups in total. The molecule has 36 heavy (non-hydrogen) atoms. The number of benzene rings is 1. The minimum absolute atomic E-state index is 0.0340. The van der Waals surface area contributed by atoms with Gasteiger partial charge in [0.1, 0.15) is 5.03 Å². The van der Waals surface area contributed by atoms with Crippen LogP contribution in [0, 0.1) is 19.1 Å².